The van der Waals surface area contributed by atoms with E-state index in [0.717, 1.165) is 22.3 Å². The van der Waals surface area contributed by atoms with Crippen molar-refractivity contribution < 1.29 is 45.8 Å². The summed E-state index contributed by atoms with van der Waals surface area (Å²) in [5.74, 6) is -15.3. The van der Waals surface area contributed by atoms with Crippen LogP contribution in [0, 0.1) is 29.1 Å². The summed E-state index contributed by atoms with van der Waals surface area (Å²) in [5, 5.41) is 4.56. The molecule has 0 aromatic heterocycles. The number of alkyl carbamates (subject to hydrolysis) is 1. The summed E-state index contributed by atoms with van der Waals surface area (Å²) in [6.07, 6.45) is -0.858. The Kier molecular flexibility index (Phi) is 9.05. The third kappa shape index (κ3) is 6.39. The Morgan fingerprint density at radius 1 is 0.805 bits per heavy atom. The lowest BCUT2D eigenvalue weighted by atomic mass is 9.98. The number of nitrogens with two attached hydrogens (primary N) is 1. The first-order chi connectivity index (χ1) is 19.6. The number of rotatable bonds is 10. The van der Waals surface area contributed by atoms with Crippen molar-refractivity contribution in [1.82, 2.24) is 10.6 Å². The summed E-state index contributed by atoms with van der Waals surface area (Å²) in [6, 6.07) is 12.7. The van der Waals surface area contributed by atoms with Crippen LogP contribution < -0.4 is 21.1 Å². The topological polar surface area (TPSA) is 120 Å². The third-order valence-electron chi connectivity index (χ3n) is 6.51. The molecule has 0 spiro atoms. The van der Waals surface area contributed by atoms with E-state index in [1.54, 1.807) is 0 Å². The molecule has 13 heteroatoms. The molecule has 0 saturated carbocycles. The molecule has 1 atom stereocenters. The maximum atomic E-state index is 14.1. The zero-order valence-corrected chi connectivity index (χ0v) is 21.3. The molecular formula is C28H24F5N3O5. The van der Waals surface area contributed by atoms with Gasteiger partial charge >= 0.3 is 18.1 Å². The number of benzene rings is 3. The molecule has 3 amide bonds. The lowest BCUT2D eigenvalue weighted by Crippen LogP contribution is -2.44. The highest BCUT2D eigenvalue weighted by atomic mass is 19.2. The largest absolute Gasteiger partial charge is 0.449 e. The number of hydrogen-bond donors (Lipinski definition) is 3. The Labute approximate surface area is 230 Å². The van der Waals surface area contributed by atoms with Crippen molar-refractivity contribution in [2.45, 2.75) is 31.2 Å². The molecule has 4 N–H and O–H groups in total. The van der Waals surface area contributed by atoms with Gasteiger partial charge < -0.3 is 25.8 Å². The van der Waals surface area contributed by atoms with E-state index in [0.29, 0.717) is 0 Å². The number of hydrogen-bond acceptors (Lipinski definition) is 5. The first-order valence-corrected chi connectivity index (χ1v) is 12.5. The number of fused-ring (bicyclic) bond motifs is 3. The first-order valence-electron chi connectivity index (χ1n) is 12.5. The van der Waals surface area contributed by atoms with Crippen molar-refractivity contribution in [1.29, 1.82) is 0 Å². The first kappa shape index (κ1) is 29.3. The van der Waals surface area contributed by atoms with E-state index in [1.807, 2.05) is 48.5 Å². The fourth-order valence-corrected chi connectivity index (χ4v) is 4.56. The summed E-state index contributed by atoms with van der Waals surface area (Å²) < 4.78 is 78.6. The SMILES string of the molecule is NC(=O)NCCCC[C@H](NC(=O)OCC1c2ccccc2-c2ccccc21)C(=O)Oc1c(F)c(F)c(F)c(F)c1F. The van der Waals surface area contributed by atoms with Crippen molar-refractivity contribution in [3.8, 4) is 16.9 Å². The molecule has 4 rings (SSSR count). The molecule has 8 nitrogen and oxygen atoms in total. The number of primary amides is 1. The summed E-state index contributed by atoms with van der Waals surface area (Å²) >= 11 is 0. The van der Waals surface area contributed by atoms with Gasteiger partial charge in [0.25, 0.3) is 0 Å². The van der Waals surface area contributed by atoms with Crippen molar-refractivity contribution >= 4 is 18.1 Å². The maximum absolute atomic E-state index is 14.1. The van der Waals surface area contributed by atoms with Gasteiger partial charge in [0.05, 0.1) is 0 Å². The number of esters is 1. The smallest absolute Gasteiger partial charge is 0.407 e. The molecule has 0 fully saturated rings. The number of amides is 3. The second kappa shape index (κ2) is 12.7. The summed E-state index contributed by atoms with van der Waals surface area (Å²) in [6.45, 7) is -0.0124. The van der Waals surface area contributed by atoms with Gasteiger partial charge in [-0.05, 0) is 41.5 Å². The van der Waals surface area contributed by atoms with E-state index in [2.05, 4.69) is 15.4 Å². The molecule has 3 aromatic rings. The molecule has 216 valence electrons. The van der Waals surface area contributed by atoms with Gasteiger partial charge in [-0.15, -0.1) is 0 Å². The Hall–Kier alpha value is -4.68. The fourth-order valence-electron chi connectivity index (χ4n) is 4.56. The predicted octanol–water partition coefficient (Wildman–Crippen LogP) is 5.03. The standard InChI is InChI=1S/C28H24F5N3O5/c29-20-21(30)23(32)25(24(33)22(20)31)41-26(37)19(11-5-6-12-35-27(34)38)36-28(39)40-13-18-16-9-3-1-7-14(16)15-8-2-4-10-17(15)18/h1-4,7-10,18-19H,5-6,11-13H2,(H,36,39)(H3,34,35,38)/t19-/m0/s1. The van der Waals surface area contributed by atoms with E-state index in [-0.39, 0.29) is 38.3 Å². The van der Waals surface area contributed by atoms with Crippen LogP contribution in [0.5, 0.6) is 5.75 Å². The van der Waals surface area contributed by atoms with Gasteiger partial charge in [0, 0.05) is 12.5 Å². The van der Waals surface area contributed by atoms with Crippen LogP contribution in [0.4, 0.5) is 31.5 Å². The van der Waals surface area contributed by atoms with Crippen molar-refractivity contribution in [2.24, 2.45) is 5.73 Å². The average molecular weight is 578 g/mol. The van der Waals surface area contributed by atoms with Crippen LogP contribution in [0.25, 0.3) is 11.1 Å². The number of halogens is 5. The van der Waals surface area contributed by atoms with E-state index < -0.39 is 59.0 Å². The number of ether oxygens (including phenoxy) is 2. The Bertz CT molecular complexity index is 1410. The molecular weight excluding hydrogens is 553 g/mol. The predicted molar refractivity (Wildman–Crippen MR) is 135 cm³/mol. The van der Waals surface area contributed by atoms with Gasteiger partial charge in [-0.2, -0.15) is 8.78 Å². The van der Waals surface area contributed by atoms with Crippen LogP contribution in [0.2, 0.25) is 0 Å². The summed E-state index contributed by atoms with van der Waals surface area (Å²) in [7, 11) is 0. The minimum Gasteiger partial charge on any atom is -0.449 e. The Morgan fingerprint density at radius 3 is 1.90 bits per heavy atom. The average Bonchev–Trinajstić information content (AvgIpc) is 3.28. The molecule has 1 aliphatic rings. The zero-order valence-electron chi connectivity index (χ0n) is 21.3. The number of carbonyl (C=O) groups excluding carboxylic acids is 3. The van der Waals surface area contributed by atoms with Crippen molar-refractivity contribution in [2.75, 3.05) is 13.2 Å². The monoisotopic (exact) mass is 577 g/mol. The van der Waals surface area contributed by atoms with E-state index in [4.69, 9.17) is 10.5 Å². The number of nitrogens with one attached hydrogen (secondary N) is 2. The Morgan fingerprint density at radius 2 is 1.34 bits per heavy atom. The molecule has 0 saturated heterocycles. The van der Waals surface area contributed by atoms with Gasteiger partial charge in [-0.1, -0.05) is 48.5 Å². The van der Waals surface area contributed by atoms with Crippen molar-refractivity contribution in [3.63, 3.8) is 0 Å². The quantitative estimate of drug-likeness (QED) is 0.0780. The molecule has 0 heterocycles. The van der Waals surface area contributed by atoms with Crippen LogP contribution in [0.15, 0.2) is 48.5 Å². The van der Waals surface area contributed by atoms with Gasteiger partial charge in [0.15, 0.2) is 0 Å². The van der Waals surface area contributed by atoms with Crippen LogP contribution in [0.1, 0.15) is 36.3 Å². The van der Waals surface area contributed by atoms with Crippen LogP contribution >= 0.6 is 0 Å². The minimum atomic E-state index is -2.42. The summed E-state index contributed by atoms with van der Waals surface area (Å²) in [5.41, 5.74) is 8.79. The van der Waals surface area contributed by atoms with Gasteiger partial charge in [0.1, 0.15) is 12.6 Å². The molecule has 0 aliphatic heterocycles. The normalized spacial score (nSPS) is 12.7. The molecule has 0 bridgehead atoms. The number of carbonyl (C=O) groups is 3. The highest BCUT2D eigenvalue weighted by Crippen LogP contribution is 2.44. The fraction of sp³-hybridized carbons (Fsp3) is 0.250. The van der Waals surface area contributed by atoms with E-state index >= 15 is 0 Å². The number of urea groups is 1. The highest BCUT2D eigenvalue weighted by Gasteiger charge is 2.33. The summed E-state index contributed by atoms with van der Waals surface area (Å²) in [4.78, 5) is 36.3. The maximum Gasteiger partial charge on any atom is 0.407 e. The highest BCUT2D eigenvalue weighted by molar-refractivity contribution is 5.83. The second-order valence-electron chi connectivity index (χ2n) is 9.13. The Balaban J connectivity index is 1.47. The lowest BCUT2D eigenvalue weighted by Gasteiger charge is -2.19. The molecule has 0 unspecified atom stereocenters. The van der Waals surface area contributed by atoms with Crippen LogP contribution in [0.3, 0.4) is 0 Å². The van der Waals surface area contributed by atoms with E-state index in [1.165, 1.54) is 0 Å². The molecule has 0 radical (unpaired) electrons. The van der Waals surface area contributed by atoms with Gasteiger partial charge in [-0.25, -0.2) is 27.6 Å². The van der Waals surface area contributed by atoms with E-state index in [9.17, 15) is 36.3 Å². The second-order valence-corrected chi connectivity index (χ2v) is 9.13. The third-order valence-corrected chi connectivity index (χ3v) is 6.51. The van der Waals surface area contributed by atoms with Crippen molar-refractivity contribution in [3.05, 3.63) is 88.7 Å². The van der Waals surface area contributed by atoms with Gasteiger partial charge in [-0.3, -0.25) is 0 Å². The number of unbranched alkanes of at least 4 members (excludes halogenated alkanes) is 1. The molecule has 3 aromatic carbocycles. The van der Waals surface area contributed by atoms with Gasteiger partial charge in [0.2, 0.25) is 34.8 Å². The van der Waals surface area contributed by atoms with Crippen LogP contribution in [-0.2, 0) is 9.53 Å². The molecule has 1 aliphatic carbocycles. The minimum absolute atomic E-state index is 0.111. The lowest BCUT2D eigenvalue weighted by molar-refractivity contribution is -0.137. The zero-order chi connectivity index (χ0) is 29.7. The molecule has 41 heavy (non-hydrogen) atoms. The van der Waals surface area contributed by atoms with Crippen LogP contribution in [-0.4, -0.2) is 37.3 Å².